The van der Waals surface area contributed by atoms with Crippen LogP contribution in [0, 0.1) is 12.8 Å². The fourth-order valence-corrected chi connectivity index (χ4v) is 4.97. The molecule has 1 aliphatic heterocycles. The molecule has 0 saturated carbocycles. The Balaban J connectivity index is 1.76. The average molecular weight is 394 g/mol. The van der Waals surface area contributed by atoms with Crippen LogP contribution in [-0.2, 0) is 16.0 Å². The van der Waals surface area contributed by atoms with E-state index >= 15 is 0 Å². The average Bonchev–Trinajstić information content (AvgIpc) is 3.08. The lowest BCUT2D eigenvalue weighted by atomic mass is 9.98. The Morgan fingerprint density at radius 2 is 1.96 bits per heavy atom. The SMILES string of the molecule is CCC(C)Cc1c(C)sc2nc(SCCN3C(=O)CCC3=O)[nH]c(=O)c12. The van der Waals surface area contributed by atoms with Crippen LogP contribution in [0.25, 0.3) is 10.2 Å². The molecule has 1 atom stereocenters. The molecule has 3 rings (SSSR count). The largest absolute Gasteiger partial charge is 0.301 e. The van der Waals surface area contributed by atoms with Crippen molar-refractivity contribution < 1.29 is 9.59 Å². The Labute approximate surface area is 160 Å². The zero-order chi connectivity index (χ0) is 18.8. The maximum absolute atomic E-state index is 12.6. The van der Waals surface area contributed by atoms with Gasteiger partial charge in [-0.1, -0.05) is 32.0 Å². The first-order valence-corrected chi connectivity index (χ1v) is 10.7. The van der Waals surface area contributed by atoms with Crippen molar-refractivity contribution in [3.05, 3.63) is 20.8 Å². The summed E-state index contributed by atoms with van der Waals surface area (Å²) < 4.78 is 0. The van der Waals surface area contributed by atoms with Gasteiger partial charge in [0.05, 0.1) is 5.39 Å². The van der Waals surface area contributed by atoms with Crippen LogP contribution in [-0.4, -0.2) is 39.0 Å². The number of H-pyrrole nitrogens is 1. The number of nitrogens with zero attached hydrogens (tertiary/aromatic N) is 2. The van der Waals surface area contributed by atoms with Crippen LogP contribution >= 0.6 is 23.1 Å². The highest BCUT2D eigenvalue weighted by atomic mass is 32.2. The topological polar surface area (TPSA) is 83.1 Å². The van der Waals surface area contributed by atoms with Crippen molar-refractivity contribution in [2.45, 2.75) is 51.6 Å². The third-order valence-electron chi connectivity index (χ3n) is 4.80. The number of imide groups is 1. The van der Waals surface area contributed by atoms with E-state index in [2.05, 4.69) is 23.8 Å². The van der Waals surface area contributed by atoms with E-state index in [1.54, 1.807) is 11.3 Å². The van der Waals surface area contributed by atoms with E-state index in [0.717, 1.165) is 28.1 Å². The smallest absolute Gasteiger partial charge is 0.260 e. The van der Waals surface area contributed by atoms with Gasteiger partial charge in [-0.05, 0) is 24.8 Å². The van der Waals surface area contributed by atoms with E-state index < -0.39 is 0 Å². The van der Waals surface area contributed by atoms with Crippen LogP contribution in [0.15, 0.2) is 9.95 Å². The Morgan fingerprint density at radius 3 is 2.62 bits per heavy atom. The van der Waals surface area contributed by atoms with Crippen LogP contribution in [0.5, 0.6) is 0 Å². The van der Waals surface area contributed by atoms with E-state index in [0.29, 0.717) is 41.6 Å². The second-order valence-corrected chi connectivity index (χ2v) is 8.98. The van der Waals surface area contributed by atoms with Gasteiger partial charge in [-0.15, -0.1) is 11.3 Å². The molecule has 3 heterocycles. The fourth-order valence-electron chi connectivity index (χ4n) is 3.07. The number of rotatable bonds is 7. The lowest BCUT2D eigenvalue weighted by Crippen LogP contribution is -2.31. The first kappa shape index (κ1) is 19.1. The summed E-state index contributed by atoms with van der Waals surface area (Å²) in [5.41, 5.74) is 1.01. The molecule has 6 nitrogen and oxygen atoms in total. The molecule has 0 aromatic carbocycles. The zero-order valence-electron chi connectivity index (χ0n) is 15.3. The quantitative estimate of drug-likeness (QED) is 0.444. The van der Waals surface area contributed by atoms with Gasteiger partial charge in [-0.3, -0.25) is 19.3 Å². The first-order valence-electron chi connectivity index (χ1n) is 8.89. The summed E-state index contributed by atoms with van der Waals surface area (Å²) in [6, 6.07) is 0. The lowest BCUT2D eigenvalue weighted by molar-refractivity contribution is -0.137. The van der Waals surface area contributed by atoms with Gasteiger partial charge in [0.15, 0.2) is 5.16 Å². The normalized spacial score (nSPS) is 16.0. The number of likely N-dealkylation sites (tertiary alicyclic amines) is 1. The number of amides is 2. The second kappa shape index (κ2) is 7.92. The van der Waals surface area contributed by atoms with Crippen LogP contribution in [0.2, 0.25) is 0 Å². The Hall–Kier alpha value is -1.67. The van der Waals surface area contributed by atoms with E-state index in [1.165, 1.54) is 16.7 Å². The molecular weight excluding hydrogens is 370 g/mol. The molecule has 8 heteroatoms. The lowest BCUT2D eigenvalue weighted by Gasteiger charge is -2.12. The van der Waals surface area contributed by atoms with Gasteiger partial charge >= 0.3 is 0 Å². The summed E-state index contributed by atoms with van der Waals surface area (Å²) in [5.74, 6) is 0.818. The van der Waals surface area contributed by atoms with Crippen molar-refractivity contribution in [1.82, 2.24) is 14.9 Å². The highest BCUT2D eigenvalue weighted by Gasteiger charge is 2.28. The third-order valence-corrected chi connectivity index (χ3v) is 6.69. The van der Waals surface area contributed by atoms with Crippen LogP contribution in [0.4, 0.5) is 0 Å². The summed E-state index contributed by atoms with van der Waals surface area (Å²) in [6.45, 7) is 6.74. The summed E-state index contributed by atoms with van der Waals surface area (Å²) in [4.78, 5) is 46.5. The van der Waals surface area contributed by atoms with Crippen molar-refractivity contribution in [2.75, 3.05) is 12.3 Å². The molecule has 1 fully saturated rings. The molecule has 0 spiro atoms. The number of aromatic nitrogens is 2. The molecule has 1 saturated heterocycles. The van der Waals surface area contributed by atoms with Gasteiger partial charge < -0.3 is 4.98 Å². The number of carbonyl (C=O) groups excluding carboxylic acids is 2. The number of fused-ring (bicyclic) bond motifs is 1. The van der Waals surface area contributed by atoms with Crippen molar-refractivity contribution >= 4 is 45.1 Å². The van der Waals surface area contributed by atoms with E-state index in [4.69, 9.17) is 0 Å². The van der Waals surface area contributed by atoms with E-state index in [9.17, 15) is 14.4 Å². The van der Waals surface area contributed by atoms with Crippen molar-refractivity contribution in [3.63, 3.8) is 0 Å². The number of aromatic amines is 1. The molecule has 2 aromatic rings. The number of thioether (sulfide) groups is 1. The number of carbonyl (C=O) groups is 2. The third kappa shape index (κ3) is 3.86. The second-order valence-electron chi connectivity index (χ2n) is 6.69. The van der Waals surface area contributed by atoms with Crippen molar-refractivity contribution in [1.29, 1.82) is 0 Å². The Kier molecular flexibility index (Phi) is 5.82. The van der Waals surface area contributed by atoms with Crippen LogP contribution in [0.1, 0.15) is 43.6 Å². The predicted octanol–water partition coefficient (Wildman–Crippen LogP) is 3.12. The van der Waals surface area contributed by atoms with Crippen LogP contribution in [0.3, 0.4) is 0 Å². The van der Waals surface area contributed by atoms with Gasteiger partial charge in [-0.25, -0.2) is 4.98 Å². The molecule has 2 aromatic heterocycles. The number of hydrogen-bond acceptors (Lipinski definition) is 6. The summed E-state index contributed by atoms with van der Waals surface area (Å²) in [5, 5.41) is 1.25. The molecule has 1 N–H and O–H groups in total. The van der Waals surface area contributed by atoms with Crippen molar-refractivity contribution in [2.24, 2.45) is 5.92 Å². The van der Waals surface area contributed by atoms with Gasteiger partial charge in [0, 0.05) is 30.0 Å². The molecule has 1 aliphatic rings. The molecule has 140 valence electrons. The van der Waals surface area contributed by atoms with Gasteiger partial charge in [0.2, 0.25) is 11.8 Å². The minimum absolute atomic E-state index is 0.103. The van der Waals surface area contributed by atoms with Crippen molar-refractivity contribution in [3.8, 4) is 0 Å². The molecule has 2 amide bonds. The molecule has 0 radical (unpaired) electrons. The van der Waals surface area contributed by atoms with E-state index in [1.807, 2.05) is 6.92 Å². The summed E-state index contributed by atoms with van der Waals surface area (Å²) in [6.07, 6.45) is 2.57. The summed E-state index contributed by atoms with van der Waals surface area (Å²) >= 11 is 2.92. The number of nitrogens with one attached hydrogen (secondary N) is 1. The minimum Gasteiger partial charge on any atom is -0.301 e. The Bertz CT molecular complexity index is 887. The van der Waals surface area contributed by atoms with Crippen LogP contribution < -0.4 is 5.56 Å². The molecule has 26 heavy (non-hydrogen) atoms. The predicted molar refractivity (Wildman–Crippen MR) is 105 cm³/mol. The monoisotopic (exact) mass is 393 g/mol. The standard InChI is InChI=1S/C18H23N3O3S2/c1-4-10(2)9-12-11(3)26-17-15(12)16(24)19-18(20-17)25-8-7-21-13(22)5-6-14(21)23/h10H,4-9H2,1-3H3,(H,19,20,24). The maximum atomic E-state index is 12.6. The molecule has 0 aliphatic carbocycles. The first-order chi connectivity index (χ1) is 12.4. The highest BCUT2D eigenvalue weighted by molar-refractivity contribution is 7.99. The Morgan fingerprint density at radius 1 is 1.27 bits per heavy atom. The minimum atomic E-state index is -0.115. The number of hydrogen-bond donors (Lipinski definition) is 1. The fraction of sp³-hybridized carbons (Fsp3) is 0.556. The van der Waals surface area contributed by atoms with Gasteiger partial charge in [-0.2, -0.15) is 0 Å². The van der Waals surface area contributed by atoms with Gasteiger partial charge in [0.1, 0.15) is 4.83 Å². The zero-order valence-corrected chi connectivity index (χ0v) is 16.9. The van der Waals surface area contributed by atoms with E-state index in [-0.39, 0.29) is 17.4 Å². The molecule has 0 bridgehead atoms. The summed E-state index contributed by atoms with van der Waals surface area (Å²) in [7, 11) is 0. The number of aryl methyl sites for hydroxylation is 1. The highest BCUT2D eigenvalue weighted by Crippen LogP contribution is 2.30. The number of thiophene rings is 1. The maximum Gasteiger partial charge on any atom is 0.260 e. The van der Waals surface area contributed by atoms with Gasteiger partial charge in [0.25, 0.3) is 5.56 Å². The molecule has 1 unspecified atom stereocenters. The molecular formula is C18H23N3O3S2.